The number of hydrogen-bond acceptors (Lipinski definition) is 2. The van der Waals surface area contributed by atoms with Crippen molar-refractivity contribution in [3.63, 3.8) is 0 Å². The minimum absolute atomic E-state index is 0.192. The lowest BCUT2D eigenvalue weighted by Gasteiger charge is -2.29. The topological polar surface area (TPSA) is 34.1 Å². The molecule has 86 valence electrons. The lowest BCUT2D eigenvalue weighted by molar-refractivity contribution is 0.246. The van der Waals surface area contributed by atoms with Gasteiger partial charge in [0.25, 0.3) is 0 Å². The lowest BCUT2D eigenvalue weighted by atomic mass is 9.79. The van der Waals surface area contributed by atoms with Crippen LogP contribution in [0.5, 0.6) is 0 Å². The van der Waals surface area contributed by atoms with Crippen molar-refractivity contribution in [2.24, 2.45) is 11.3 Å². The Morgan fingerprint density at radius 3 is 1.86 bits per heavy atom. The maximum absolute atomic E-state index is 11.6. The van der Waals surface area contributed by atoms with Crippen molar-refractivity contribution in [1.29, 1.82) is 0 Å². The first kappa shape index (κ1) is 13.9. The molecular formula is C11H24O2S. The van der Waals surface area contributed by atoms with Gasteiger partial charge in [-0.3, -0.25) is 0 Å². The summed E-state index contributed by atoms with van der Waals surface area (Å²) in [5.74, 6) is 0.684. The van der Waals surface area contributed by atoms with Crippen LogP contribution in [0.15, 0.2) is 0 Å². The van der Waals surface area contributed by atoms with Gasteiger partial charge in [0, 0.05) is 5.75 Å². The summed E-state index contributed by atoms with van der Waals surface area (Å²) < 4.78 is 23.1. The van der Waals surface area contributed by atoms with Gasteiger partial charge in [-0.2, -0.15) is 0 Å². The standard InChI is InChI=1S/C11H24O2S/c1-7-14(12,13)10(3)8-9(2)11(4,5)6/h9-10H,7-8H2,1-6H3. The zero-order valence-electron chi connectivity index (χ0n) is 10.3. The summed E-state index contributed by atoms with van der Waals surface area (Å²) in [7, 11) is -2.85. The van der Waals surface area contributed by atoms with E-state index in [0.29, 0.717) is 5.92 Å². The molecule has 0 aliphatic carbocycles. The normalized spacial score (nSPS) is 17.9. The fraction of sp³-hybridized carbons (Fsp3) is 1.00. The molecule has 0 aliphatic rings. The van der Waals surface area contributed by atoms with Crippen LogP contribution >= 0.6 is 0 Å². The highest BCUT2D eigenvalue weighted by Gasteiger charge is 2.26. The molecule has 0 saturated carbocycles. The first-order valence-electron chi connectivity index (χ1n) is 5.32. The maximum Gasteiger partial charge on any atom is 0.152 e. The van der Waals surface area contributed by atoms with Crippen molar-refractivity contribution >= 4 is 9.84 Å². The van der Waals surface area contributed by atoms with E-state index >= 15 is 0 Å². The zero-order valence-corrected chi connectivity index (χ0v) is 11.1. The summed E-state index contributed by atoms with van der Waals surface area (Å²) in [5.41, 5.74) is 0.192. The minimum atomic E-state index is -2.85. The third-order valence-electron chi connectivity index (χ3n) is 3.18. The van der Waals surface area contributed by atoms with E-state index in [0.717, 1.165) is 6.42 Å². The SMILES string of the molecule is CCS(=O)(=O)C(C)CC(C)C(C)(C)C. The van der Waals surface area contributed by atoms with Crippen LogP contribution in [0.3, 0.4) is 0 Å². The minimum Gasteiger partial charge on any atom is -0.229 e. The Bertz CT molecular complexity index is 260. The molecule has 0 saturated heterocycles. The highest BCUT2D eigenvalue weighted by atomic mass is 32.2. The van der Waals surface area contributed by atoms with Crippen molar-refractivity contribution in [2.45, 2.75) is 53.2 Å². The average Bonchev–Trinajstić information content (AvgIpc) is 2.02. The first-order chi connectivity index (χ1) is 6.11. The molecule has 14 heavy (non-hydrogen) atoms. The van der Waals surface area contributed by atoms with Crippen LogP contribution in [0.1, 0.15) is 48.0 Å². The second kappa shape index (κ2) is 4.65. The van der Waals surface area contributed by atoms with Gasteiger partial charge in [0.1, 0.15) is 0 Å². The Balaban J connectivity index is 4.42. The molecule has 0 heterocycles. The lowest BCUT2D eigenvalue weighted by Crippen LogP contribution is -2.27. The van der Waals surface area contributed by atoms with Gasteiger partial charge in [-0.1, -0.05) is 34.6 Å². The maximum atomic E-state index is 11.6. The molecule has 0 radical (unpaired) electrons. The van der Waals surface area contributed by atoms with Gasteiger partial charge in [0.2, 0.25) is 0 Å². The Morgan fingerprint density at radius 2 is 1.57 bits per heavy atom. The monoisotopic (exact) mass is 220 g/mol. The van der Waals surface area contributed by atoms with Crippen molar-refractivity contribution in [3.8, 4) is 0 Å². The van der Waals surface area contributed by atoms with Crippen molar-refractivity contribution in [1.82, 2.24) is 0 Å². The van der Waals surface area contributed by atoms with E-state index in [9.17, 15) is 8.42 Å². The summed E-state index contributed by atoms with van der Waals surface area (Å²) in [4.78, 5) is 0. The molecular weight excluding hydrogens is 196 g/mol. The molecule has 0 N–H and O–H groups in total. The number of rotatable bonds is 4. The molecule has 0 aromatic rings. The van der Waals surface area contributed by atoms with Gasteiger partial charge >= 0.3 is 0 Å². The van der Waals surface area contributed by atoms with Gasteiger partial charge in [-0.15, -0.1) is 0 Å². The molecule has 0 aromatic heterocycles. The van der Waals surface area contributed by atoms with Crippen molar-refractivity contribution in [3.05, 3.63) is 0 Å². The molecule has 0 rings (SSSR count). The summed E-state index contributed by atoms with van der Waals surface area (Å²) >= 11 is 0. The molecule has 2 unspecified atom stereocenters. The molecule has 2 atom stereocenters. The Morgan fingerprint density at radius 1 is 1.14 bits per heavy atom. The third-order valence-corrected chi connectivity index (χ3v) is 5.40. The summed E-state index contributed by atoms with van der Waals surface area (Å²) in [6, 6.07) is 0. The van der Waals surface area contributed by atoms with E-state index in [1.54, 1.807) is 6.92 Å². The molecule has 0 aliphatic heterocycles. The van der Waals surface area contributed by atoms with E-state index < -0.39 is 9.84 Å². The van der Waals surface area contributed by atoms with Gasteiger partial charge in [0.05, 0.1) is 5.25 Å². The highest BCUT2D eigenvalue weighted by Crippen LogP contribution is 2.30. The number of hydrogen-bond donors (Lipinski definition) is 0. The van der Waals surface area contributed by atoms with Gasteiger partial charge in [-0.25, -0.2) is 8.42 Å². The van der Waals surface area contributed by atoms with E-state index in [2.05, 4.69) is 27.7 Å². The molecule has 0 amide bonds. The second-order valence-electron chi connectivity index (χ2n) is 5.26. The molecule has 3 heteroatoms. The highest BCUT2D eigenvalue weighted by molar-refractivity contribution is 7.91. The number of sulfone groups is 1. The quantitative estimate of drug-likeness (QED) is 0.730. The average molecular weight is 220 g/mol. The van der Waals surface area contributed by atoms with Crippen molar-refractivity contribution in [2.75, 3.05) is 5.75 Å². The van der Waals surface area contributed by atoms with Crippen molar-refractivity contribution < 1.29 is 8.42 Å². The van der Waals surface area contributed by atoms with Crippen LogP contribution in [0.4, 0.5) is 0 Å². The van der Waals surface area contributed by atoms with E-state index in [1.807, 2.05) is 6.92 Å². The van der Waals surface area contributed by atoms with Crippen LogP contribution < -0.4 is 0 Å². The van der Waals surface area contributed by atoms with Gasteiger partial charge in [-0.05, 0) is 24.7 Å². The van der Waals surface area contributed by atoms with Crippen LogP contribution in [-0.2, 0) is 9.84 Å². The third kappa shape index (κ3) is 3.99. The van der Waals surface area contributed by atoms with Crippen LogP contribution in [0.2, 0.25) is 0 Å². The van der Waals surface area contributed by atoms with Gasteiger partial charge < -0.3 is 0 Å². The predicted molar refractivity (Wildman–Crippen MR) is 62.2 cm³/mol. The Kier molecular flexibility index (Phi) is 4.63. The van der Waals surface area contributed by atoms with Crippen LogP contribution in [-0.4, -0.2) is 19.4 Å². The zero-order chi connectivity index (χ0) is 11.6. The van der Waals surface area contributed by atoms with E-state index in [1.165, 1.54) is 0 Å². The molecule has 0 bridgehead atoms. The first-order valence-corrected chi connectivity index (χ1v) is 7.04. The largest absolute Gasteiger partial charge is 0.229 e. The summed E-state index contributed by atoms with van der Waals surface area (Å²) in [5, 5.41) is -0.207. The Hall–Kier alpha value is -0.0500. The van der Waals surface area contributed by atoms with E-state index in [-0.39, 0.29) is 16.4 Å². The smallest absolute Gasteiger partial charge is 0.152 e. The van der Waals surface area contributed by atoms with Crippen LogP contribution in [0, 0.1) is 11.3 Å². The second-order valence-corrected chi connectivity index (χ2v) is 7.97. The molecule has 0 aromatic carbocycles. The molecule has 0 spiro atoms. The summed E-state index contributed by atoms with van der Waals surface area (Å²) in [6.45, 7) is 12.1. The Labute approximate surface area is 89.0 Å². The predicted octanol–water partition coefficient (Wildman–Crippen LogP) is 2.88. The van der Waals surface area contributed by atoms with E-state index in [4.69, 9.17) is 0 Å². The fourth-order valence-corrected chi connectivity index (χ4v) is 2.43. The molecule has 0 fully saturated rings. The fourth-order valence-electron chi connectivity index (χ4n) is 1.28. The molecule has 2 nitrogen and oxygen atoms in total. The summed E-state index contributed by atoms with van der Waals surface area (Å²) in [6.07, 6.45) is 0.764. The van der Waals surface area contributed by atoms with Gasteiger partial charge in [0.15, 0.2) is 9.84 Å². The van der Waals surface area contributed by atoms with Crippen LogP contribution in [0.25, 0.3) is 0 Å².